The van der Waals surface area contributed by atoms with Crippen LogP contribution < -0.4 is 0 Å². The molecule has 0 spiro atoms. The Morgan fingerprint density at radius 1 is 1.27 bits per heavy atom. The highest BCUT2D eigenvalue weighted by molar-refractivity contribution is 5.75. The van der Waals surface area contributed by atoms with Gasteiger partial charge in [-0.3, -0.25) is 0 Å². The second kappa shape index (κ2) is 5.48. The fraction of sp³-hybridized carbons (Fsp3) is 0.364. The van der Waals surface area contributed by atoms with E-state index in [4.69, 9.17) is 4.74 Å². The molecular formula is C11H14O4. The minimum absolute atomic E-state index is 0.589. The molecule has 0 aliphatic heterocycles. The third kappa shape index (κ3) is 2.78. The zero-order chi connectivity index (χ0) is 11.3. The number of carbonyl (C=O) groups is 1. The summed E-state index contributed by atoms with van der Waals surface area (Å²) in [5.41, 5.74) is 0.620. The highest BCUT2D eigenvalue weighted by Crippen LogP contribution is 2.19. The maximum Gasteiger partial charge on any atom is 0.338 e. The molecule has 1 aromatic carbocycles. The fourth-order valence-corrected chi connectivity index (χ4v) is 1.30. The number of rotatable bonds is 4. The third-order valence-electron chi connectivity index (χ3n) is 2.12. The Labute approximate surface area is 88.4 Å². The number of hydrogen-bond acceptors (Lipinski definition) is 4. The van der Waals surface area contributed by atoms with E-state index in [0.717, 1.165) is 0 Å². The van der Waals surface area contributed by atoms with Crippen LogP contribution in [0.5, 0.6) is 0 Å². The minimum Gasteiger partial charge on any atom is -0.467 e. The van der Waals surface area contributed by atoms with Crippen LogP contribution in [0.25, 0.3) is 0 Å². The summed E-state index contributed by atoms with van der Waals surface area (Å²) in [5.74, 6) is -0.589. The molecule has 0 fully saturated rings. The molecule has 0 amide bonds. The van der Waals surface area contributed by atoms with Gasteiger partial charge in [0.05, 0.1) is 7.11 Å². The summed E-state index contributed by atoms with van der Waals surface area (Å²) in [7, 11) is 2.61. The van der Waals surface area contributed by atoms with Gasteiger partial charge in [0.2, 0.25) is 0 Å². The van der Waals surface area contributed by atoms with Crippen LogP contribution in [0.4, 0.5) is 0 Å². The molecule has 82 valence electrons. The first-order chi connectivity index (χ1) is 7.20. The number of benzene rings is 1. The summed E-state index contributed by atoms with van der Waals surface area (Å²) in [4.78, 5) is 11.3. The van der Waals surface area contributed by atoms with Gasteiger partial charge in [-0.05, 0) is 5.56 Å². The van der Waals surface area contributed by atoms with Gasteiger partial charge in [-0.25, -0.2) is 4.79 Å². The van der Waals surface area contributed by atoms with Gasteiger partial charge < -0.3 is 14.6 Å². The van der Waals surface area contributed by atoms with E-state index in [1.807, 2.05) is 6.07 Å². The van der Waals surface area contributed by atoms with Crippen LogP contribution in [0, 0.1) is 0 Å². The summed E-state index contributed by atoms with van der Waals surface area (Å²) in [6.45, 7) is 0. The molecule has 0 aliphatic carbocycles. The van der Waals surface area contributed by atoms with Crippen LogP contribution in [0.1, 0.15) is 11.7 Å². The van der Waals surface area contributed by atoms with Crippen molar-refractivity contribution in [1.82, 2.24) is 0 Å². The van der Waals surface area contributed by atoms with Gasteiger partial charge >= 0.3 is 5.97 Å². The Morgan fingerprint density at radius 2 is 1.87 bits per heavy atom. The Kier molecular flexibility index (Phi) is 4.27. The maximum absolute atomic E-state index is 11.3. The van der Waals surface area contributed by atoms with Crippen LogP contribution in [0.15, 0.2) is 30.3 Å². The van der Waals surface area contributed by atoms with Crippen LogP contribution in [-0.2, 0) is 14.3 Å². The first-order valence-electron chi connectivity index (χ1n) is 4.54. The predicted molar refractivity (Wildman–Crippen MR) is 54.2 cm³/mol. The van der Waals surface area contributed by atoms with Crippen LogP contribution in [-0.4, -0.2) is 31.4 Å². The van der Waals surface area contributed by atoms with Crippen molar-refractivity contribution in [2.24, 2.45) is 0 Å². The first kappa shape index (κ1) is 11.7. The number of ether oxygens (including phenoxy) is 2. The van der Waals surface area contributed by atoms with Crippen molar-refractivity contribution in [3.05, 3.63) is 35.9 Å². The molecule has 2 atom stereocenters. The standard InChI is InChI=1S/C11H14O4/c1-14-10(11(13)15-2)9(12)8-6-4-3-5-7-8/h3-7,9-10,12H,1-2H3. The average Bonchev–Trinajstić information content (AvgIpc) is 2.30. The first-order valence-corrected chi connectivity index (χ1v) is 4.54. The zero-order valence-electron chi connectivity index (χ0n) is 8.71. The average molecular weight is 210 g/mol. The van der Waals surface area contributed by atoms with Crippen molar-refractivity contribution in [2.45, 2.75) is 12.2 Å². The number of aliphatic hydroxyl groups is 1. The maximum atomic E-state index is 11.3. The molecule has 1 N–H and O–H groups in total. The molecule has 0 heterocycles. The topological polar surface area (TPSA) is 55.8 Å². The fourth-order valence-electron chi connectivity index (χ4n) is 1.30. The summed E-state index contributed by atoms with van der Waals surface area (Å²) < 4.78 is 9.42. The highest BCUT2D eigenvalue weighted by Gasteiger charge is 2.28. The zero-order valence-corrected chi connectivity index (χ0v) is 8.71. The van der Waals surface area contributed by atoms with Crippen molar-refractivity contribution in [1.29, 1.82) is 0 Å². The van der Waals surface area contributed by atoms with Gasteiger partial charge in [0.15, 0.2) is 6.10 Å². The molecule has 4 nitrogen and oxygen atoms in total. The molecule has 0 radical (unpaired) electrons. The Balaban J connectivity index is 2.82. The van der Waals surface area contributed by atoms with E-state index in [1.54, 1.807) is 24.3 Å². The van der Waals surface area contributed by atoms with E-state index < -0.39 is 18.2 Å². The molecule has 0 saturated heterocycles. The molecule has 0 aromatic heterocycles. The summed E-state index contributed by atoms with van der Waals surface area (Å²) in [6, 6.07) is 8.83. The quantitative estimate of drug-likeness (QED) is 0.750. The number of carbonyl (C=O) groups excluding carboxylic acids is 1. The van der Waals surface area contributed by atoms with Crippen molar-refractivity contribution >= 4 is 5.97 Å². The molecule has 4 heteroatoms. The van der Waals surface area contributed by atoms with Gasteiger partial charge in [-0.2, -0.15) is 0 Å². The van der Waals surface area contributed by atoms with E-state index in [0.29, 0.717) is 5.56 Å². The van der Waals surface area contributed by atoms with Crippen molar-refractivity contribution < 1.29 is 19.4 Å². The van der Waals surface area contributed by atoms with E-state index >= 15 is 0 Å². The van der Waals surface area contributed by atoms with Crippen LogP contribution >= 0.6 is 0 Å². The molecule has 15 heavy (non-hydrogen) atoms. The van der Waals surface area contributed by atoms with E-state index in [2.05, 4.69) is 4.74 Å². The molecular weight excluding hydrogens is 196 g/mol. The second-order valence-corrected chi connectivity index (χ2v) is 3.03. The molecule has 0 aliphatic rings. The monoisotopic (exact) mass is 210 g/mol. The Hall–Kier alpha value is -1.39. The predicted octanol–water partition coefficient (Wildman–Crippen LogP) is 0.908. The Bertz CT molecular complexity index is 310. The number of methoxy groups -OCH3 is 2. The van der Waals surface area contributed by atoms with Gasteiger partial charge in [0, 0.05) is 7.11 Å². The lowest BCUT2D eigenvalue weighted by atomic mass is 10.0. The minimum atomic E-state index is -1.01. The Morgan fingerprint density at radius 3 is 2.33 bits per heavy atom. The highest BCUT2D eigenvalue weighted by atomic mass is 16.6. The molecule has 2 unspecified atom stereocenters. The molecule has 1 aromatic rings. The lowest BCUT2D eigenvalue weighted by Crippen LogP contribution is -2.31. The molecule has 0 saturated carbocycles. The van der Waals surface area contributed by atoms with Crippen LogP contribution in [0.2, 0.25) is 0 Å². The van der Waals surface area contributed by atoms with Crippen LogP contribution in [0.3, 0.4) is 0 Å². The van der Waals surface area contributed by atoms with Gasteiger partial charge in [0.25, 0.3) is 0 Å². The van der Waals surface area contributed by atoms with Gasteiger partial charge in [-0.1, -0.05) is 30.3 Å². The van der Waals surface area contributed by atoms with E-state index in [1.165, 1.54) is 14.2 Å². The normalized spacial score (nSPS) is 14.3. The largest absolute Gasteiger partial charge is 0.467 e. The SMILES string of the molecule is COC(=O)C(OC)C(O)c1ccccc1. The molecule has 1 rings (SSSR count). The summed E-state index contributed by atoms with van der Waals surface area (Å²) >= 11 is 0. The summed E-state index contributed by atoms with van der Waals surface area (Å²) in [5, 5.41) is 9.86. The second-order valence-electron chi connectivity index (χ2n) is 3.03. The van der Waals surface area contributed by atoms with Crippen molar-refractivity contribution in [3.63, 3.8) is 0 Å². The number of esters is 1. The van der Waals surface area contributed by atoms with Gasteiger partial charge in [0.1, 0.15) is 6.10 Å². The number of aliphatic hydroxyl groups excluding tert-OH is 1. The lowest BCUT2D eigenvalue weighted by molar-refractivity contribution is -0.159. The van der Waals surface area contributed by atoms with Crippen molar-refractivity contribution in [3.8, 4) is 0 Å². The third-order valence-corrected chi connectivity index (χ3v) is 2.12. The van der Waals surface area contributed by atoms with E-state index in [-0.39, 0.29) is 0 Å². The molecule has 0 bridgehead atoms. The van der Waals surface area contributed by atoms with Gasteiger partial charge in [-0.15, -0.1) is 0 Å². The van der Waals surface area contributed by atoms with E-state index in [9.17, 15) is 9.90 Å². The number of hydrogen-bond donors (Lipinski definition) is 1. The lowest BCUT2D eigenvalue weighted by Gasteiger charge is -2.19. The summed E-state index contributed by atoms with van der Waals surface area (Å²) in [6.07, 6.45) is -2.00. The van der Waals surface area contributed by atoms with Crippen molar-refractivity contribution in [2.75, 3.05) is 14.2 Å². The smallest absolute Gasteiger partial charge is 0.338 e.